The molecule has 3 aromatic rings. The number of likely N-dealkylation sites (N-methyl/N-ethyl adjacent to an activating group) is 1. The van der Waals surface area contributed by atoms with E-state index < -0.39 is 23.3 Å². The van der Waals surface area contributed by atoms with Gasteiger partial charge < -0.3 is 15.1 Å². The number of hydrogen-bond acceptors (Lipinski definition) is 4. The Kier molecular flexibility index (Phi) is 6.65. The number of piperazine rings is 1. The van der Waals surface area contributed by atoms with Crippen molar-refractivity contribution in [2.24, 2.45) is 0 Å². The normalized spacial score (nSPS) is 14.9. The standard InChI is InChI=1S/C25H28F3N5O/c1-4-31-11-13-32(14-12-31)20-9-10-22(18(3)15-20)30-24(34)21-16-29-33(23(21)25(26,27)28)19-7-5-17(2)6-8-19/h5-10,15-16H,4,11-14H2,1-3H3,(H,30,34). The summed E-state index contributed by atoms with van der Waals surface area (Å²) in [5.74, 6) is -0.849. The summed E-state index contributed by atoms with van der Waals surface area (Å²) in [4.78, 5) is 17.6. The maximum atomic E-state index is 13.9. The summed E-state index contributed by atoms with van der Waals surface area (Å²) >= 11 is 0. The average Bonchev–Trinajstić information content (AvgIpc) is 3.27. The minimum absolute atomic E-state index is 0.237. The Morgan fingerprint density at radius 3 is 2.24 bits per heavy atom. The smallest absolute Gasteiger partial charge is 0.369 e. The number of hydrogen-bond donors (Lipinski definition) is 1. The maximum Gasteiger partial charge on any atom is 0.434 e. The Morgan fingerprint density at radius 1 is 1.00 bits per heavy atom. The number of carbonyl (C=O) groups excluding carboxylic acids is 1. The lowest BCUT2D eigenvalue weighted by Crippen LogP contribution is -2.46. The number of benzene rings is 2. The fraction of sp³-hybridized carbons (Fsp3) is 0.360. The molecule has 0 bridgehead atoms. The van der Waals surface area contributed by atoms with Crippen LogP contribution in [-0.2, 0) is 6.18 Å². The summed E-state index contributed by atoms with van der Waals surface area (Å²) < 4.78 is 42.6. The van der Waals surface area contributed by atoms with Crippen LogP contribution < -0.4 is 10.2 Å². The second kappa shape index (κ2) is 9.50. The molecule has 0 aliphatic carbocycles. The van der Waals surface area contributed by atoms with Crippen LogP contribution in [0.5, 0.6) is 0 Å². The number of aromatic nitrogens is 2. The number of nitrogens with one attached hydrogen (secondary N) is 1. The lowest BCUT2D eigenvalue weighted by Gasteiger charge is -2.35. The van der Waals surface area contributed by atoms with E-state index in [9.17, 15) is 18.0 Å². The van der Waals surface area contributed by atoms with Gasteiger partial charge in [-0.3, -0.25) is 4.79 Å². The third-order valence-corrected chi connectivity index (χ3v) is 6.20. The van der Waals surface area contributed by atoms with E-state index in [-0.39, 0.29) is 5.69 Å². The van der Waals surface area contributed by atoms with E-state index in [1.54, 1.807) is 30.3 Å². The van der Waals surface area contributed by atoms with Gasteiger partial charge in [-0.15, -0.1) is 0 Å². The van der Waals surface area contributed by atoms with Crippen molar-refractivity contribution in [3.8, 4) is 5.69 Å². The highest BCUT2D eigenvalue weighted by molar-refractivity contribution is 6.05. The van der Waals surface area contributed by atoms with Crippen LogP contribution in [-0.4, -0.2) is 53.3 Å². The first-order valence-corrected chi connectivity index (χ1v) is 11.3. The SMILES string of the molecule is CCN1CCN(c2ccc(NC(=O)c3cnn(-c4ccc(C)cc4)c3C(F)(F)F)c(C)c2)CC1. The number of halogens is 3. The van der Waals surface area contributed by atoms with Crippen molar-refractivity contribution < 1.29 is 18.0 Å². The minimum Gasteiger partial charge on any atom is -0.369 e. The Morgan fingerprint density at radius 2 is 1.65 bits per heavy atom. The van der Waals surface area contributed by atoms with Gasteiger partial charge in [-0.1, -0.05) is 24.6 Å². The number of aryl methyl sites for hydroxylation is 2. The summed E-state index contributed by atoms with van der Waals surface area (Å²) in [7, 11) is 0. The average molecular weight is 472 g/mol. The molecule has 6 nitrogen and oxygen atoms in total. The van der Waals surface area contributed by atoms with E-state index in [0.717, 1.165) is 60.4 Å². The zero-order valence-electron chi connectivity index (χ0n) is 19.5. The molecule has 180 valence electrons. The highest BCUT2D eigenvalue weighted by Crippen LogP contribution is 2.34. The van der Waals surface area contributed by atoms with E-state index in [1.807, 2.05) is 26.0 Å². The molecular formula is C25H28F3N5O. The van der Waals surface area contributed by atoms with Gasteiger partial charge in [-0.2, -0.15) is 18.3 Å². The number of alkyl halides is 3. The summed E-state index contributed by atoms with van der Waals surface area (Å²) in [6.45, 7) is 10.6. The van der Waals surface area contributed by atoms with Crippen molar-refractivity contribution in [1.82, 2.24) is 14.7 Å². The van der Waals surface area contributed by atoms with Crippen molar-refractivity contribution in [3.05, 3.63) is 71.0 Å². The molecule has 1 fully saturated rings. The molecule has 1 aliphatic rings. The third kappa shape index (κ3) is 4.94. The van der Waals surface area contributed by atoms with Crippen molar-refractivity contribution in [3.63, 3.8) is 0 Å². The number of rotatable bonds is 5. The van der Waals surface area contributed by atoms with Crippen LogP contribution in [0, 0.1) is 13.8 Å². The summed E-state index contributed by atoms with van der Waals surface area (Å²) in [6, 6.07) is 12.1. The molecule has 1 N–H and O–H groups in total. The molecule has 1 aromatic heterocycles. The highest BCUT2D eigenvalue weighted by atomic mass is 19.4. The molecule has 1 saturated heterocycles. The van der Waals surface area contributed by atoms with Crippen molar-refractivity contribution in [1.29, 1.82) is 0 Å². The van der Waals surface area contributed by atoms with Crippen molar-refractivity contribution >= 4 is 17.3 Å². The molecule has 9 heteroatoms. The number of anilines is 2. The van der Waals surface area contributed by atoms with E-state index >= 15 is 0 Å². The lowest BCUT2D eigenvalue weighted by molar-refractivity contribution is -0.143. The van der Waals surface area contributed by atoms with Crippen LogP contribution in [0.1, 0.15) is 34.1 Å². The molecule has 0 unspecified atom stereocenters. The molecule has 0 spiro atoms. The molecule has 2 aromatic carbocycles. The molecule has 1 aliphatic heterocycles. The molecular weight excluding hydrogens is 443 g/mol. The first-order valence-electron chi connectivity index (χ1n) is 11.3. The fourth-order valence-electron chi connectivity index (χ4n) is 4.17. The summed E-state index contributed by atoms with van der Waals surface area (Å²) in [6.07, 6.45) is -3.79. The van der Waals surface area contributed by atoms with Crippen LogP contribution in [0.4, 0.5) is 24.5 Å². The van der Waals surface area contributed by atoms with Gasteiger partial charge in [0.15, 0.2) is 5.69 Å². The molecule has 2 heterocycles. The van der Waals surface area contributed by atoms with Gasteiger partial charge in [0, 0.05) is 37.6 Å². The van der Waals surface area contributed by atoms with Gasteiger partial charge in [0.25, 0.3) is 5.91 Å². The highest BCUT2D eigenvalue weighted by Gasteiger charge is 2.40. The topological polar surface area (TPSA) is 53.4 Å². The van der Waals surface area contributed by atoms with Gasteiger partial charge in [-0.05, 0) is 56.3 Å². The van der Waals surface area contributed by atoms with E-state index in [4.69, 9.17) is 0 Å². The first kappa shape index (κ1) is 23.8. The van der Waals surface area contributed by atoms with Crippen molar-refractivity contribution in [2.75, 3.05) is 42.9 Å². The Balaban J connectivity index is 1.56. The number of carbonyl (C=O) groups is 1. The van der Waals surface area contributed by atoms with Crippen LogP contribution in [0.15, 0.2) is 48.7 Å². The van der Waals surface area contributed by atoms with Gasteiger partial charge in [-0.25, -0.2) is 4.68 Å². The van der Waals surface area contributed by atoms with Gasteiger partial charge >= 0.3 is 6.18 Å². The summed E-state index contributed by atoms with van der Waals surface area (Å²) in [5.41, 5.74) is 1.81. The lowest BCUT2D eigenvalue weighted by atomic mass is 10.1. The molecule has 0 atom stereocenters. The molecule has 0 radical (unpaired) electrons. The molecule has 4 rings (SSSR count). The van der Waals surface area contributed by atoms with E-state index in [1.165, 1.54) is 0 Å². The predicted molar refractivity (Wildman–Crippen MR) is 127 cm³/mol. The van der Waals surface area contributed by atoms with Gasteiger partial charge in [0.2, 0.25) is 0 Å². The fourth-order valence-corrected chi connectivity index (χ4v) is 4.17. The molecule has 34 heavy (non-hydrogen) atoms. The number of amides is 1. The quantitative estimate of drug-likeness (QED) is 0.575. The Hall–Kier alpha value is -3.33. The van der Waals surface area contributed by atoms with Gasteiger partial charge in [0.05, 0.1) is 17.4 Å². The largest absolute Gasteiger partial charge is 0.434 e. The Bertz CT molecular complexity index is 1160. The van der Waals surface area contributed by atoms with Crippen LogP contribution in [0.2, 0.25) is 0 Å². The second-order valence-electron chi connectivity index (χ2n) is 8.53. The zero-order chi connectivity index (χ0) is 24.5. The molecule has 0 saturated carbocycles. The van der Waals surface area contributed by atoms with Crippen LogP contribution in [0.25, 0.3) is 5.69 Å². The van der Waals surface area contributed by atoms with E-state index in [0.29, 0.717) is 5.69 Å². The second-order valence-corrected chi connectivity index (χ2v) is 8.53. The zero-order valence-corrected chi connectivity index (χ0v) is 19.5. The van der Waals surface area contributed by atoms with Crippen LogP contribution in [0.3, 0.4) is 0 Å². The van der Waals surface area contributed by atoms with Crippen molar-refractivity contribution in [2.45, 2.75) is 26.9 Å². The number of nitrogens with zero attached hydrogens (tertiary/aromatic N) is 4. The minimum atomic E-state index is -4.76. The first-order chi connectivity index (χ1) is 16.2. The van der Waals surface area contributed by atoms with Gasteiger partial charge in [0.1, 0.15) is 0 Å². The van der Waals surface area contributed by atoms with E-state index in [2.05, 4.69) is 27.1 Å². The maximum absolute atomic E-state index is 13.9. The monoisotopic (exact) mass is 471 g/mol. The van der Waals surface area contributed by atoms with Crippen LogP contribution >= 0.6 is 0 Å². The third-order valence-electron chi connectivity index (χ3n) is 6.20. The predicted octanol–water partition coefficient (Wildman–Crippen LogP) is 4.90. The molecule has 1 amide bonds. The Labute approximate surface area is 197 Å². The summed E-state index contributed by atoms with van der Waals surface area (Å²) in [5, 5.41) is 6.52.